The van der Waals surface area contributed by atoms with Crippen LogP contribution in [0.1, 0.15) is 28.3 Å². The van der Waals surface area contributed by atoms with Crippen molar-refractivity contribution in [2.24, 2.45) is 0 Å². The Morgan fingerprint density at radius 2 is 2.14 bits per heavy atom. The molecule has 0 fully saturated rings. The number of nitrogens with one attached hydrogen (secondary N) is 1. The summed E-state index contributed by atoms with van der Waals surface area (Å²) in [5.74, 6) is 1.33. The van der Waals surface area contributed by atoms with Gasteiger partial charge in [0.15, 0.2) is 0 Å². The van der Waals surface area contributed by atoms with Crippen molar-refractivity contribution >= 4 is 16.8 Å². The van der Waals surface area contributed by atoms with Crippen molar-refractivity contribution in [2.45, 2.75) is 26.8 Å². The van der Waals surface area contributed by atoms with Crippen LogP contribution in [0, 0.1) is 13.8 Å². The molecule has 0 aliphatic heterocycles. The predicted molar refractivity (Wildman–Crippen MR) is 84.9 cm³/mol. The van der Waals surface area contributed by atoms with Gasteiger partial charge in [-0.1, -0.05) is 18.2 Å². The van der Waals surface area contributed by atoms with Crippen molar-refractivity contribution in [1.82, 2.24) is 15.1 Å². The van der Waals surface area contributed by atoms with Gasteiger partial charge in [-0.15, -0.1) is 0 Å². The number of benzene rings is 1. The molecule has 5 nitrogen and oxygen atoms in total. The van der Waals surface area contributed by atoms with E-state index in [1.54, 1.807) is 13.0 Å². The summed E-state index contributed by atoms with van der Waals surface area (Å²) >= 11 is 0. The summed E-state index contributed by atoms with van der Waals surface area (Å²) in [5.41, 5.74) is 1.73. The highest BCUT2D eigenvalue weighted by Gasteiger charge is 2.12. The summed E-state index contributed by atoms with van der Waals surface area (Å²) < 4.78 is 7.34. The molecule has 0 atom stereocenters. The molecule has 22 heavy (non-hydrogen) atoms. The smallest absolute Gasteiger partial charge is 0.254 e. The van der Waals surface area contributed by atoms with E-state index in [2.05, 4.69) is 16.5 Å². The molecule has 0 spiro atoms. The Hall–Kier alpha value is -2.56. The summed E-state index contributed by atoms with van der Waals surface area (Å²) in [6.07, 6.45) is 2.69. The molecule has 0 aliphatic carbocycles. The molecule has 3 rings (SSSR count). The second kappa shape index (κ2) is 6.05. The van der Waals surface area contributed by atoms with E-state index >= 15 is 0 Å². The average Bonchev–Trinajstić information content (AvgIpc) is 3.07. The Balaban J connectivity index is 1.53. The van der Waals surface area contributed by atoms with Crippen molar-refractivity contribution in [1.29, 1.82) is 0 Å². The number of para-hydroxylation sites is 1. The van der Waals surface area contributed by atoms with Gasteiger partial charge in [-0.25, -0.2) is 0 Å². The first-order chi connectivity index (χ1) is 10.6. The fraction of sp³-hybridized carbons (Fsp3) is 0.294. The molecular formula is C17H19N3O2. The van der Waals surface area contributed by atoms with E-state index in [1.165, 1.54) is 0 Å². The van der Waals surface area contributed by atoms with Crippen LogP contribution < -0.4 is 5.32 Å². The van der Waals surface area contributed by atoms with Crippen LogP contribution in [-0.4, -0.2) is 22.2 Å². The molecule has 0 radical (unpaired) electrons. The van der Waals surface area contributed by atoms with E-state index in [-0.39, 0.29) is 5.91 Å². The van der Waals surface area contributed by atoms with Crippen LogP contribution in [0.25, 0.3) is 10.9 Å². The molecule has 1 amide bonds. The second-order valence-corrected chi connectivity index (χ2v) is 5.36. The quantitative estimate of drug-likeness (QED) is 0.736. The number of rotatable bonds is 5. The summed E-state index contributed by atoms with van der Waals surface area (Å²) in [6.45, 7) is 5.03. The van der Waals surface area contributed by atoms with Crippen molar-refractivity contribution < 1.29 is 9.21 Å². The van der Waals surface area contributed by atoms with E-state index in [0.717, 1.165) is 29.6 Å². The minimum atomic E-state index is -0.0836. The molecule has 114 valence electrons. The number of carbonyl (C=O) groups is 1. The maximum absolute atomic E-state index is 12.1. The van der Waals surface area contributed by atoms with Crippen LogP contribution in [0.2, 0.25) is 0 Å². The molecule has 2 heterocycles. The minimum Gasteiger partial charge on any atom is -0.466 e. The first-order valence-corrected chi connectivity index (χ1v) is 7.41. The zero-order chi connectivity index (χ0) is 15.5. The fourth-order valence-electron chi connectivity index (χ4n) is 2.59. The highest BCUT2D eigenvalue weighted by atomic mass is 16.3. The third-order valence-electron chi connectivity index (χ3n) is 3.67. The molecule has 2 aromatic heterocycles. The Labute approximate surface area is 128 Å². The predicted octanol–water partition coefficient (Wildman–Crippen LogP) is 3.07. The molecular weight excluding hydrogens is 278 g/mol. The lowest BCUT2D eigenvalue weighted by Gasteiger charge is -2.06. The van der Waals surface area contributed by atoms with Gasteiger partial charge in [-0.05, 0) is 32.4 Å². The van der Waals surface area contributed by atoms with E-state index < -0.39 is 0 Å². The number of nitrogens with zero attached hydrogens (tertiary/aromatic N) is 2. The summed E-state index contributed by atoms with van der Waals surface area (Å²) in [5, 5.41) is 8.44. The largest absolute Gasteiger partial charge is 0.466 e. The minimum absolute atomic E-state index is 0.0836. The maximum Gasteiger partial charge on any atom is 0.254 e. The van der Waals surface area contributed by atoms with Gasteiger partial charge in [0.1, 0.15) is 11.5 Å². The van der Waals surface area contributed by atoms with Gasteiger partial charge >= 0.3 is 0 Å². The van der Waals surface area contributed by atoms with Crippen molar-refractivity contribution in [3.63, 3.8) is 0 Å². The Morgan fingerprint density at radius 3 is 2.91 bits per heavy atom. The molecule has 0 saturated heterocycles. The van der Waals surface area contributed by atoms with Crippen LogP contribution in [0.3, 0.4) is 0 Å². The van der Waals surface area contributed by atoms with Crippen molar-refractivity contribution in [3.05, 3.63) is 53.6 Å². The zero-order valence-electron chi connectivity index (χ0n) is 12.8. The van der Waals surface area contributed by atoms with E-state index in [9.17, 15) is 4.79 Å². The van der Waals surface area contributed by atoms with Gasteiger partial charge < -0.3 is 9.73 Å². The standard InChI is InChI=1S/C17H19N3O2/c1-12-10-15(13(2)22-12)17(21)18-8-5-9-20-16-7-4-3-6-14(16)11-19-20/h3-4,6-7,10-11H,5,8-9H2,1-2H3,(H,18,21). The third kappa shape index (κ3) is 2.88. The van der Waals surface area contributed by atoms with Crippen LogP contribution in [0.5, 0.6) is 0 Å². The van der Waals surface area contributed by atoms with Crippen LogP contribution >= 0.6 is 0 Å². The number of amides is 1. The van der Waals surface area contributed by atoms with E-state index in [1.807, 2.05) is 36.0 Å². The Bertz CT molecular complexity index is 801. The van der Waals surface area contributed by atoms with Gasteiger partial charge in [0, 0.05) is 18.5 Å². The lowest BCUT2D eigenvalue weighted by atomic mass is 10.2. The first kappa shape index (κ1) is 14.4. The van der Waals surface area contributed by atoms with Crippen LogP contribution in [0.4, 0.5) is 0 Å². The van der Waals surface area contributed by atoms with E-state index in [0.29, 0.717) is 17.9 Å². The van der Waals surface area contributed by atoms with E-state index in [4.69, 9.17) is 4.42 Å². The molecule has 0 aliphatic rings. The highest BCUT2D eigenvalue weighted by Crippen LogP contribution is 2.14. The monoisotopic (exact) mass is 297 g/mol. The third-order valence-corrected chi connectivity index (χ3v) is 3.67. The number of aromatic nitrogens is 2. The molecule has 5 heteroatoms. The summed E-state index contributed by atoms with van der Waals surface area (Å²) in [4.78, 5) is 12.1. The molecule has 0 saturated carbocycles. The number of hydrogen-bond acceptors (Lipinski definition) is 3. The normalized spacial score (nSPS) is 11.0. The molecule has 3 aromatic rings. The Kier molecular flexibility index (Phi) is 3.96. The highest BCUT2D eigenvalue weighted by molar-refractivity contribution is 5.95. The number of hydrogen-bond donors (Lipinski definition) is 1. The molecule has 0 bridgehead atoms. The molecule has 0 unspecified atom stereocenters. The second-order valence-electron chi connectivity index (χ2n) is 5.36. The Morgan fingerprint density at radius 1 is 1.32 bits per heavy atom. The van der Waals surface area contributed by atoms with Gasteiger partial charge in [-0.2, -0.15) is 5.10 Å². The zero-order valence-corrected chi connectivity index (χ0v) is 12.8. The summed E-state index contributed by atoms with van der Waals surface area (Å²) in [7, 11) is 0. The topological polar surface area (TPSA) is 60.1 Å². The lowest BCUT2D eigenvalue weighted by molar-refractivity contribution is 0.0951. The number of fused-ring (bicyclic) bond motifs is 1. The molecule has 1 aromatic carbocycles. The van der Waals surface area contributed by atoms with Crippen LogP contribution in [0.15, 0.2) is 40.9 Å². The summed E-state index contributed by atoms with van der Waals surface area (Å²) in [6, 6.07) is 9.88. The van der Waals surface area contributed by atoms with Crippen molar-refractivity contribution in [3.8, 4) is 0 Å². The SMILES string of the molecule is Cc1cc(C(=O)NCCCn2ncc3ccccc32)c(C)o1. The molecule has 1 N–H and O–H groups in total. The number of aryl methyl sites for hydroxylation is 3. The van der Waals surface area contributed by atoms with Crippen molar-refractivity contribution in [2.75, 3.05) is 6.54 Å². The maximum atomic E-state index is 12.1. The van der Waals surface area contributed by atoms with Crippen LogP contribution in [-0.2, 0) is 6.54 Å². The number of carbonyl (C=O) groups excluding carboxylic acids is 1. The van der Waals surface area contributed by atoms with Gasteiger partial charge in [0.05, 0.1) is 17.3 Å². The van der Waals surface area contributed by atoms with Gasteiger partial charge in [-0.3, -0.25) is 9.48 Å². The first-order valence-electron chi connectivity index (χ1n) is 7.41. The average molecular weight is 297 g/mol. The van der Waals surface area contributed by atoms with Gasteiger partial charge in [0.25, 0.3) is 5.91 Å². The van der Waals surface area contributed by atoms with Gasteiger partial charge in [0.2, 0.25) is 0 Å². The lowest BCUT2D eigenvalue weighted by Crippen LogP contribution is -2.25. The number of furan rings is 1. The fourth-order valence-corrected chi connectivity index (χ4v) is 2.59.